The van der Waals surface area contributed by atoms with Gasteiger partial charge in [0.05, 0.1) is 10.5 Å². The first kappa shape index (κ1) is 17.1. The normalized spacial score (nSPS) is 10.7. The van der Waals surface area contributed by atoms with E-state index in [1.54, 1.807) is 12.1 Å². The van der Waals surface area contributed by atoms with Crippen LogP contribution in [0.5, 0.6) is 0 Å². The largest absolute Gasteiger partial charge is 0.370 e. The first-order valence-corrected chi connectivity index (χ1v) is 7.05. The van der Waals surface area contributed by atoms with Crippen LogP contribution in [0.2, 0.25) is 0 Å². The monoisotopic (exact) mass is 293 g/mol. The van der Waals surface area contributed by atoms with E-state index in [2.05, 4.69) is 16.7 Å². The average Bonchev–Trinajstić information content (AvgIpc) is 2.42. The Bertz CT molecular complexity index is 515. The number of nitro groups is 1. The highest BCUT2D eigenvalue weighted by Gasteiger charge is 2.19. The number of Topliss-reactive ketones (excluding diaryl/α,β-unsaturated/α-hetero) is 1. The molecule has 0 saturated carbocycles. The molecule has 116 valence electrons. The molecule has 0 heterocycles. The second-order valence-corrected chi connectivity index (χ2v) is 5.31. The quantitative estimate of drug-likeness (QED) is 0.418. The lowest BCUT2D eigenvalue weighted by Crippen LogP contribution is -2.32. The third-order valence-electron chi connectivity index (χ3n) is 3.23. The molecule has 0 bridgehead atoms. The zero-order chi connectivity index (χ0) is 16.0. The first-order chi connectivity index (χ1) is 9.86. The van der Waals surface area contributed by atoms with Gasteiger partial charge >= 0.3 is 0 Å². The Balaban J connectivity index is 3.11. The number of benzene rings is 1. The predicted octanol–water partition coefficient (Wildman–Crippen LogP) is 2.58. The van der Waals surface area contributed by atoms with Crippen LogP contribution in [0.25, 0.3) is 0 Å². The molecule has 0 fully saturated rings. The molecule has 21 heavy (non-hydrogen) atoms. The highest BCUT2D eigenvalue weighted by Crippen LogP contribution is 2.26. The summed E-state index contributed by atoms with van der Waals surface area (Å²) in [6, 6.07) is 4.84. The van der Waals surface area contributed by atoms with Crippen LogP contribution in [0.4, 0.5) is 11.4 Å². The van der Waals surface area contributed by atoms with Gasteiger partial charge in [0.25, 0.3) is 5.69 Å². The van der Waals surface area contributed by atoms with Crippen molar-refractivity contribution in [3.05, 3.63) is 33.9 Å². The number of carbonyl (C=O) groups is 1. The maximum atomic E-state index is 11.5. The minimum Gasteiger partial charge on any atom is -0.370 e. The van der Waals surface area contributed by atoms with Gasteiger partial charge in [-0.1, -0.05) is 6.92 Å². The van der Waals surface area contributed by atoms with E-state index in [0.29, 0.717) is 0 Å². The lowest BCUT2D eigenvalue weighted by molar-refractivity contribution is -0.385. The molecule has 0 unspecified atom stereocenters. The molecule has 0 amide bonds. The van der Waals surface area contributed by atoms with Gasteiger partial charge in [-0.15, -0.1) is 0 Å². The summed E-state index contributed by atoms with van der Waals surface area (Å²) in [6.07, 6.45) is 0.954. The molecule has 1 rings (SSSR count). The van der Waals surface area contributed by atoms with Crippen LogP contribution >= 0.6 is 0 Å². The van der Waals surface area contributed by atoms with Gasteiger partial charge in [-0.05, 0) is 39.6 Å². The van der Waals surface area contributed by atoms with Crippen molar-refractivity contribution in [2.75, 3.05) is 38.6 Å². The Kier molecular flexibility index (Phi) is 6.30. The van der Waals surface area contributed by atoms with E-state index in [-0.39, 0.29) is 17.0 Å². The van der Waals surface area contributed by atoms with Crippen molar-refractivity contribution >= 4 is 17.2 Å². The highest BCUT2D eigenvalue weighted by atomic mass is 16.6. The van der Waals surface area contributed by atoms with Gasteiger partial charge in [0.1, 0.15) is 0 Å². The number of rotatable bonds is 8. The Labute approximate surface area is 125 Å². The number of nitro benzene ring substituents is 1. The van der Waals surface area contributed by atoms with Crippen molar-refractivity contribution in [1.82, 2.24) is 4.90 Å². The molecule has 6 heteroatoms. The summed E-state index contributed by atoms with van der Waals surface area (Å²) in [5.41, 5.74) is 0.828. The minimum absolute atomic E-state index is 0.119. The van der Waals surface area contributed by atoms with Crippen LogP contribution < -0.4 is 4.90 Å². The van der Waals surface area contributed by atoms with E-state index < -0.39 is 4.92 Å². The number of anilines is 1. The summed E-state index contributed by atoms with van der Waals surface area (Å²) in [5.74, 6) is -0.288. The van der Waals surface area contributed by atoms with Crippen molar-refractivity contribution in [3.63, 3.8) is 0 Å². The van der Waals surface area contributed by atoms with Gasteiger partial charge in [0, 0.05) is 31.4 Å². The fourth-order valence-corrected chi connectivity index (χ4v) is 2.13. The molecule has 0 aromatic heterocycles. The molecule has 1 aromatic carbocycles. The van der Waals surface area contributed by atoms with Crippen molar-refractivity contribution in [2.24, 2.45) is 0 Å². The van der Waals surface area contributed by atoms with E-state index in [0.717, 1.165) is 31.7 Å². The van der Waals surface area contributed by atoms with E-state index in [4.69, 9.17) is 0 Å². The minimum atomic E-state index is -0.490. The molecule has 0 aliphatic rings. The average molecular weight is 293 g/mol. The molecule has 0 aliphatic heterocycles. The number of hydrogen-bond acceptors (Lipinski definition) is 5. The van der Waals surface area contributed by atoms with Crippen molar-refractivity contribution < 1.29 is 9.72 Å². The van der Waals surface area contributed by atoms with Gasteiger partial charge < -0.3 is 9.80 Å². The van der Waals surface area contributed by atoms with Crippen molar-refractivity contribution in [2.45, 2.75) is 20.3 Å². The Morgan fingerprint density at radius 3 is 2.38 bits per heavy atom. The molecule has 0 N–H and O–H groups in total. The smallest absolute Gasteiger partial charge is 0.282 e. The highest BCUT2D eigenvalue weighted by molar-refractivity contribution is 5.98. The molecular weight excluding hydrogens is 270 g/mol. The van der Waals surface area contributed by atoms with E-state index in [1.165, 1.54) is 13.0 Å². The summed E-state index contributed by atoms with van der Waals surface area (Å²) in [7, 11) is 3.98. The number of carbonyl (C=O) groups excluding carboxylic acids is 1. The maximum Gasteiger partial charge on any atom is 0.282 e. The van der Waals surface area contributed by atoms with Gasteiger partial charge in [-0.3, -0.25) is 14.9 Å². The molecule has 0 aliphatic carbocycles. The second kappa shape index (κ2) is 7.73. The standard InChI is InChI=1S/C15H23N3O3/c1-5-8-17(10-9-16(3)4)13-6-7-14(12(2)19)15(11-13)18(20)21/h6-7,11H,5,8-10H2,1-4H3. The lowest BCUT2D eigenvalue weighted by atomic mass is 10.1. The Hall–Kier alpha value is -1.95. The third-order valence-corrected chi connectivity index (χ3v) is 3.23. The Morgan fingerprint density at radius 1 is 1.24 bits per heavy atom. The predicted molar refractivity (Wildman–Crippen MR) is 84.2 cm³/mol. The summed E-state index contributed by atoms with van der Waals surface area (Å²) >= 11 is 0. The van der Waals surface area contributed by atoms with Crippen LogP contribution in [-0.4, -0.2) is 49.3 Å². The fourth-order valence-electron chi connectivity index (χ4n) is 2.13. The summed E-state index contributed by atoms with van der Waals surface area (Å²) in [4.78, 5) is 26.3. The molecule has 0 atom stereocenters. The fraction of sp³-hybridized carbons (Fsp3) is 0.533. The number of ketones is 1. The van der Waals surface area contributed by atoms with Gasteiger partial charge in [0.2, 0.25) is 0 Å². The summed E-state index contributed by atoms with van der Waals surface area (Å²) in [5, 5.41) is 11.2. The number of hydrogen-bond donors (Lipinski definition) is 0. The molecular formula is C15H23N3O3. The van der Waals surface area contributed by atoms with Crippen molar-refractivity contribution in [3.8, 4) is 0 Å². The topological polar surface area (TPSA) is 66.7 Å². The SMILES string of the molecule is CCCN(CCN(C)C)c1ccc(C(C)=O)c([N+](=O)[O-])c1. The molecule has 6 nitrogen and oxygen atoms in total. The molecule has 0 radical (unpaired) electrons. The summed E-state index contributed by atoms with van der Waals surface area (Å²) in [6.45, 7) is 5.89. The van der Waals surface area contributed by atoms with Gasteiger partial charge in [0.15, 0.2) is 5.78 Å². The zero-order valence-electron chi connectivity index (χ0n) is 13.1. The van der Waals surface area contributed by atoms with Gasteiger partial charge in [-0.2, -0.15) is 0 Å². The number of likely N-dealkylation sites (N-methyl/N-ethyl adjacent to an activating group) is 1. The number of nitrogens with zero attached hydrogens (tertiary/aromatic N) is 3. The van der Waals surface area contributed by atoms with E-state index in [9.17, 15) is 14.9 Å². The van der Waals surface area contributed by atoms with Crippen LogP contribution in [-0.2, 0) is 0 Å². The Morgan fingerprint density at radius 2 is 1.90 bits per heavy atom. The van der Waals surface area contributed by atoms with E-state index in [1.807, 2.05) is 14.1 Å². The lowest BCUT2D eigenvalue weighted by Gasteiger charge is -2.26. The van der Waals surface area contributed by atoms with Crippen LogP contribution in [0, 0.1) is 10.1 Å². The van der Waals surface area contributed by atoms with Crippen molar-refractivity contribution in [1.29, 1.82) is 0 Å². The van der Waals surface area contributed by atoms with Crippen LogP contribution in [0.1, 0.15) is 30.6 Å². The summed E-state index contributed by atoms with van der Waals surface area (Å²) < 4.78 is 0. The molecule has 0 spiro atoms. The zero-order valence-corrected chi connectivity index (χ0v) is 13.1. The second-order valence-electron chi connectivity index (χ2n) is 5.31. The first-order valence-electron chi connectivity index (χ1n) is 7.05. The third kappa shape index (κ3) is 4.82. The van der Waals surface area contributed by atoms with Crippen LogP contribution in [0.15, 0.2) is 18.2 Å². The van der Waals surface area contributed by atoms with Crippen LogP contribution in [0.3, 0.4) is 0 Å². The van der Waals surface area contributed by atoms with Gasteiger partial charge in [-0.25, -0.2) is 0 Å². The van der Waals surface area contributed by atoms with E-state index >= 15 is 0 Å². The molecule has 0 saturated heterocycles. The maximum absolute atomic E-state index is 11.5. The molecule has 1 aromatic rings.